The summed E-state index contributed by atoms with van der Waals surface area (Å²) in [5, 5.41) is 13.6. The van der Waals surface area contributed by atoms with Gasteiger partial charge < -0.3 is 5.32 Å². The number of hydrogen-bond donors (Lipinski definition) is 1. The third-order valence-electron chi connectivity index (χ3n) is 2.90. The van der Waals surface area contributed by atoms with Gasteiger partial charge in [0.1, 0.15) is 10.9 Å². The molecule has 2 rings (SSSR count). The third kappa shape index (κ3) is 4.00. The van der Waals surface area contributed by atoms with Crippen molar-refractivity contribution in [3.8, 4) is 6.07 Å². The Balaban J connectivity index is 2.22. The van der Waals surface area contributed by atoms with E-state index in [-0.39, 0.29) is 11.9 Å². The second-order valence-electron chi connectivity index (χ2n) is 4.45. The molecule has 0 unspecified atom stereocenters. The molecule has 4 nitrogen and oxygen atoms in total. The first-order chi connectivity index (χ1) is 10.1. The van der Waals surface area contributed by atoms with Crippen molar-refractivity contribution in [2.75, 3.05) is 12.0 Å². The smallest absolute Gasteiger partial charge is 0.263 e. The Kier molecular flexibility index (Phi) is 5.26. The number of nitrogens with zero attached hydrogens (tertiary/aromatic N) is 1. The molecule has 0 saturated carbocycles. The van der Waals surface area contributed by atoms with Gasteiger partial charge in [-0.15, -0.1) is 11.3 Å². The first-order valence-corrected chi connectivity index (χ1v) is 8.86. The minimum absolute atomic E-state index is 0.305. The molecular weight excluding hydrogens is 304 g/mol. The Morgan fingerprint density at radius 2 is 2.10 bits per heavy atom. The Labute approximate surface area is 129 Å². The van der Waals surface area contributed by atoms with Gasteiger partial charge in [-0.1, -0.05) is 30.3 Å². The molecule has 6 heteroatoms. The van der Waals surface area contributed by atoms with E-state index >= 15 is 0 Å². The van der Waals surface area contributed by atoms with Crippen LogP contribution >= 0.6 is 11.3 Å². The highest BCUT2D eigenvalue weighted by molar-refractivity contribution is 7.84. The molecule has 0 saturated heterocycles. The van der Waals surface area contributed by atoms with Crippen LogP contribution in [0, 0.1) is 11.3 Å². The normalized spacial score (nSPS) is 13.1. The average Bonchev–Trinajstić information content (AvgIpc) is 2.95. The fourth-order valence-corrected chi connectivity index (χ4v) is 3.43. The van der Waals surface area contributed by atoms with Crippen molar-refractivity contribution < 1.29 is 9.00 Å². The summed E-state index contributed by atoms with van der Waals surface area (Å²) < 4.78 is 11.5. The predicted molar refractivity (Wildman–Crippen MR) is 84.6 cm³/mol. The van der Waals surface area contributed by atoms with E-state index in [1.54, 1.807) is 17.7 Å². The molecule has 0 aliphatic rings. The summed E-state index contributed by atoms with van der Waals surface area (Å²) in [7, 11) is -1.04. The molecular formula is C15H14N2O2S2. The van der Waals surface area contributed by atoms with Crippen LogP contribution in [-0.4, -0.2) is 22.1 Å². The van der Waals surface area contributed by atoms with Crippen molar-refractivity contribution in [3.05, 3.63) is 57.8 Å². The maximum atomic E-state index is 12.3. The highest BCUT2D eigenvalue weighted by atomic mass is 32.2. The molecule has 0 bridgehead atoms. The molecule has 0 aliphatic heterocycles. The Morgan fingerprint density at radius 3 is 2.71 bits per heavy atom. The van der Waals surface area contributed by atoms with Crippen LogP contribution in [-0.2, 0) is 10.8 Å². The lowest BCUT2D eigenvalue weighted by atomic mass is 10.1. The van der Waals surface area contributed by atoms with Gasteiger partial charge in [-0.2, -0.15) is 5.26 Å². The molecule has 1 aromatic heterocycles. The topological polar surface area (TPSA) is 70.0 Å². The number of carbonyl (C=O) groups is 1. The molecule has 2 aromatic rings. The summed E-state index contributed by atoms with van der Waals surface area (Å²) in [4.78, 5) is 12.7. The van der Waals surface area contributed by atoms with E-state index in [1.165, 1.54) is 11.3 Å². The monoisotopic (exact) mass is 318 g/mol. The molecule has 1 aromatic carbocycles. The van der Waals surface area contributed by atoms with Crippen LogP contribution in [0.2, 0.25) is 0 Å². The summed E-state index contributed by atoms with van der Waals surface area (Å²) in [6.45, 7) is 0. The second kappa shape index (κ2) is 7.16. The fourth-order valence-electron chi connectivity index (χ4n) is 1.94. The largest absolute Gasteiger partial charge is 0.344 e. The maximum Gasteiger partial charge on any atom is 0.263 e. The van der Waals surface area contributed by atoms with Gasteiger partial charge >= 0.3 is 0 Å². The molecule has 0 aliphatic carbocycles. The van der Waals surface area contributed by atoms with Crippen LogP contribution < -0.4 is 5.32 Å². The average molecular weight is 318 g/mol. The predicted octanol–water partition coefficient (Wildman–Crippen LogP) is 2.47. The number of thiophene rings is 1. The molecule has 0 spiro atoms. The van der Waals surface area contributed by atoms with Crippen molar-refractivity contribution in [2.24, 2.45) is 0 Å². The molecule has 2 atom stereocenters. The van der Waals surface area contributed by atoms with Crippen LogP contribution in [0.25, 0.3) is 0 Å². The van der Waals surface area contributed by atoms with Crippen LogP contribution in [0.4, 0.5) is 0 Å². The standard InChI is InChI=1S/C15H14N2O2S2/c1-21(19)10-13(11-5-3-2-4-6-11)17-15(18)14-12(9-16)7-8-20-14/h2-8,13H,10H2,1H3,(H,17,18)/t13-,21-/m0/s1. The number of benzene rings is 1. The van der Waals surface area contributed by atoms with Gasteiger partial charge in [0, 0.05) is 22.8 Å². The Hall–Kier alpha value is -1.97. The minimum atomic E-state index is -1.04. The van der Waals surface area contributed by atoms with Crippen LogP contribution in [0.1, 0.15) is 26.8 Å². The molecule has 0 fully saturated rings. The maximum absolute atomic E-state index is 12.3. The van der Waals surface area contributed by atoms with Gasteiger partial charge in [-0.3, -0.25) is 9.00 Å². The summed E-state index contributed by atoms with van der Waals surface area (Å²) in [6.07, 6.45) is 1.61. The molecule has 108 valence electrons. The number of nitrogens with one attached hydrogen (secondary N) is 1. The zero-order valence-electron chi connectivity index (χ0n) is 11.4. The summed E-state index contributed by atoms with van der Waals surface area (Å²) in [6, 6.07) is 12.7. The molecule has 0 radical (unpaired) electrons. The SMILES string of the molecule is C[S@](=O)C[C@H](NC(=O)c1sccc1C#N)c1ccccc1. The Bertz CT molecular complexity index is 689. The first kappa shape index (κ1) is 15.4. The number of amides is 1. The van der Waals surface area contributed by atoms with E-state index in [0.29, 0.717) is 16.2 Å². The van der Waals surface area contributed by atoms with Crippen molar-refractivity contribution in [1.82, 2.24) is 5.32 Å². The van der Waals surface area contributed by atoms with Gasteiger partial charge in [-0.25, -0.2) is 0 Å². The highest BCUT2D eigenvalue weighted by Crippen LogP contribution is 2.19. The number of rotatable bonds is 5. The summed E-state index contributed by atoms with van der Waals surface area (Å²) in [5.74, 6) is 0.0316. The van der Waals surface area contributed by atoms with Gasteiger partial charge in [0.2, 0.25) is 0 Å². The fraction of sp³-hybridized carbons (Fsp3) is 0.200. The van der Waals surface area contributed by atoms with Crippen LogP contribution in [0.3, 0.4) is 0 Å². The van der Waals surface area contributed by atoms with Crippen LogP contribution in [0.5, 0.6) is 0 Å². The van der Waals surface area contributed by atoms with Crippen molar-refractivity contribution in [2.45, 2.75) is 6.04 Å². The van der Waals surface area contributed by atoms with E-state index in [2.05, 4.69) is 5.32 Å². The van der Waals surface area contributed by atoms with Gasteiger partial charge in [0.15, 0.2) is 0 Å². The zero-order chi connectivity index (χ0) is 15.2. The minimum Gasteiger partial charge on any atom is -0.344 e. The molecule has 1 heterocycles. The lowest BCUT2D eigenvalue weighted by molar-refractivity contribution is 0.0944. The van der Waals surface area contributed by atoms with E-state index in [9.17, 15) is 9.00 Å². The van der Waals surface area contributed by atoms with Gasteiger partial charge in [-0.05, 0) is 17.0 Å². The zero-order valence-corrected chi connectivity index (χ0v) is 13.0. The lowest BCUT2D eigenvalue weighted by Gasteiger charge is -2.17. The Morgan fingerprint density at radius 1 is 1.38 bits per heavy atom. The van der Waals surface area contributed by atoms with E-state index < -0.39 is 10.8 Å². The second-order valence-corrected chi connectivity index (χ2v) is 6.85. The van der Waals surface area contributed by atoms with E-state index in [4.69, 9.17) is 5.26 Å². The van der Waals surface area contributed by atoms with Crippen molar-refractivity contribution in [3.63, 3.8) is 0 Å². The van der Waals surface area contributed by atoms with Crippen molar-refractivity contribution >= 4 is 28.0 Å². The van der Waals surface area contributed by atoms with Gasteiger partial charge in [0.05, 0.1) is 11.6 Å². The summed E-state index contributed by atoms with van der Waals surface area (Å²) >= 11 is 1.23. The van der Waals surface area contributed by atoms with Crippen molar-refractivity contribution in [1.29, 1.82) is 5.26 Å². The third-order valence-corrected chi connectivity index (χ3v) is 4.62. The molecule has 1 amide bonds. The molecule has 21 heavy (non-hydrogen) atoms. The lowest BCUT2D eigenvalue weighted by Crippen LogP contribution is -2.31. The molecule has 1 N–H and O–H groups in total. The number of nitriles is 1. The van der Waals surface area contributed by atoms with E-state index in [1.807, 2.05) is 36.4 Å². The highest BCUT2D eigenvalue weighted by Gasteiger charge is 2.19. The summed E-state index contributed by atoms with van der Waals surface area (Å²) in [5.41, 5.74) is 1.26. The van der Waals surface area contributed by atoms with Crippen LogP contribution in [0.15, 0.2) is 41.8 Å². The first-order valence-electron chi connectivity index (χ1n) is 6.25. The van der Waals surface area contributed by atoms with E-state index in [0.717, 1.165) is 5.56 Å². The number of carbonyl (C=O) groups excluding carboxylic acids is 1. The quantitative estimate of drug-likeness (QED) is 0.920. The number of hydrogen-bond acceptors (Lipinski definition) is 4. The van der Waals surface area contributed by atoms with Gasteiger partial charge in [0.25, 0.3) is 5.91 Å².